The number of unbranched alkanes of at least 4 members (excludes halogenated alkanes) is 8. The molecule has 130 valence electrons. The molecule has 2 nitrogen and oxygen atoms in total. The van der Waals surface area contributed by atoms with Crippen LogP contribution >= 0.6 is 0 Å². The lowest BCUT2D eigenvalue weighted by Crippen LogP contribution is -3.00. The van der Waals surface area contributed by atoms with E-state index in [0.717, 1.165) is 4.48 Å². The van der Waals surface area contributed by atoms with Gasteiger partial charge in [-0.15, -0.1) is 0 Å². The predicted octanol–water partition coefficient (Wildman–Crippen LogP) is 2.11. The van der Waals surface area contributed by atoms with E-state index in [4.69, 9.17) is 0 Å². The normalized spacial score (nSPS) is 11.4. The van der Waals surface area contributed by atoms with Gasteiger partial charge in [-0.1, -0.05) is 52.9 Å². The number of rotatable bonds is 15. The summed E-state index contributed by atoms with van der Waals surface area (Å²) in [4.78, 5) is 0. The number of aliphatic hydroxyl groups is 1. The highest BCUT2D eigenvalue weighted by Crippen LogP contribution is 2.16. The van der Waals surface area contributed by atoms with E-state index < -0.39 is 0 Å². The fraction of sp³-hybridized carbons (Fsp3) is 1.00. The van der Waals surface area contributed by atoms with Crippen molar-refractivity contribution in [2.75, 3.05) is 26.4 Å². The molecule has 0 saturated carbocycles. The molecule has 0 radical (unpaired) electrons. The van der Waals surface area contributed by atoms with Gasteiger partial charge in [-0.2, -0.15) is 0 Å². The van der Waals surface area contributed by atoms with E-state index >= 15 is 0 Å². The van der Waals surface area contributed by atoms with Crippen LogP contribution in [0, 0.1) is 0 Å². The third kappa shape index (κ3) is 12.4. The number of halogens is 1. The van der Waals surface area contributed by atoms with Gasteiger partial charge in [-0.05, 0) is 38.5 Å². The fourth-order valence-corrected chi connectivity index (χ4v) is 2.99. The summed E-state index contributed by atoms with van der Waals surface area (Å²) >= 11 is 0. The largest absolute Gasteiger partial charge is 1.00 e. The van der Waals surface area contributed by atoms with Crippen LogP contribution in [-0.4, -0.2) is 36.0 Å². The number of aliphatic hydroxyl groups excluding tert-OH is 1. The van der Waals surface area contributed by atoms with Gasteiger partial charge in [0.05, 0.1) is 19.6 Å². The molecule has 0 spiro atoms. The van der Waals surface area contributed by atoms with Crippen LogP contribution in [0.5, 0.6) is 0 Å². The minimum absolute atomic E-state index is 0. The zero-order chi connectivity index (χ0) is 15.1. The topological polar surface area (TPSA) is 20.2 Å². The van der Waals surface area contributed by atoms with Gasteiger partial charge in [0.2, 0.25) is 0 Å². The van der Waals surface area contributed by atoms with Crippen LogP contribution in [0.3, 0.4) is 0 Å². The zero-order valence-electron chi connectivity index (χ0n) is 14.9. The molecule has 0 bridgehead atoms. The van der Waals surface area contributed by atoms with Crippen molar-refractivity contribution >= 4 is 0 Å². The monoisotopic (exact) mass is 321 g/mol. The third-order valence-electron chi connectivity index (χ3n) is 4.51. The summed E-state index contributed by atoms with van der Waals surface area (Å²) in [5, 5.41) is 9.96. The van der Waals surface area contributed by atoms with Crippen molar-refractivity contribution in [2.24, 2.45) is 0 Å². The summed E-state index contributed by atoms with van der Waals surface area (Å²) in [6, 6.07) is 0. The Kier molecular flexibility index (Phi) is 18.5. The smallest absolute Gasteiger partial charge is 0.180 e. The summed E-state index contributed by atoms with van der Waals surface area (Å²) in [6.07, 6.45) is 14.4. The third-order valence-corrected chi connectivity index (χ3v) is 4.51. The van der Waals surface area contributed by atoms with E-state index in [-0.39, 0.29) is 12.4 Å². The maximum absolute atomic E-state index is 9.96. The maximum Gasteiger partial charge on any atom is 0.180 e. The summed E-state index contributed by atoms with van der Waals surface area (Å²) in [6.45, 7) is 10.7. The molecule has 21 heavy (non-hydrogen) atoms. The van der Waals surface area contributed by atoms with Gasteiger partial charge < -0.3 is 22.0 Å². The van der Waals surface area contributed by atoms with E-state index in [1.807, 2.05) is 0 Å². The second-order valence-electron chi connectivity index (χ2n) is 6.48. The first kappa shape index (κ1) is 23.5. The first-order valence-corrected chi connectivity index (χ1v) is 9.20. The molecular formula is C18H40ClNO. The summed E-state index contributed by atoms with van der Waals surface area (Å²) < 4.78 is 0.966. The average molecular weight is 322 g/mol. The minimum atomic E-state index is 0. The summed E-state index contributed by atoms with van der Waals surface area (Å²) in [7, 11) is 0. The Bertz CT molecular complexity index is 188. The molecular weight excluding hydrogens is 282 g/mol. The highest BCUT2D eigenvalue weighted by Gasteiger charge is 2.24. The molecule has 0 aromatic carbocycles. The van der Waals surface area contributed by atoms with Crippen LogP contribution < -0.4 is 12.4 Å². The van der Waals surface area contributed by atoms with Crippen LogP contribution in [0.15, 0.2) is 0 Å². The van der Waals surface area contributed by atoms with Gasteiger partial charge in [0.15, 0.2) is 6.73 Å². The van der Waals surface area contributed by atoms with Crippen molar-refractivity contribution in [3.05, 3.63) is 0 Å². The SMILES string of the molecule is CCCCCC[N+](CO)(CCCCC)CCCCCC.[Cl-]. The van der Waals surface area contributed by atoms with Crippen LogP contribution in [0.1, 0.15) is 91.4 Å². The molecule has 0 unspecified atom stereocenters. The van der Waals surface area contributed by atoms with Gasteiger partial charge in [-0.3, -0.25) is 0 Å². The van der Waals surface area contributed by atoms with Gasteiger partial charge in [0.25, 0.3) is 0 Å². The lowest BCUT2D eigenvalue weighted by Gasteiger charge is -2.37. The summed E-state index contributed by atoms with van der Waals surface area (Å²) in [5.74, 6) is 0. The van der Waals surface area contributed by atoms with Crippen molar-refractivity contribution in [3.63, 3.8) is 0 Å². The molecule has 0 aliphatic rings. The van der Waals surface area contributed by atoms with Crippen LogP contribution in [-0.2, 0) is 0 Å². The number of hydrogen-bond donors (Lipinski definition) is 1. The number of quaternary nitrogens is 1. The highest BCUT2D eigenvalue weighted by molar-refractivity contribution is 4.49. The summed E-state index contributed by atoms with van der Waals surface area (Å²) in [5.41, 5.74) is 0. The molecule has 0 atom stereocenters. The van der Waals surface area contributed by atoms with Crippen LogP contribution in [0.25, 0.3) is 0 Å². The zero-order valence-corrected chi connectivity index (χ0v) is 15.6. The minimum Gasteiger partial charge on any atom is -1.00 e. The Labute approximate surface area is 140 Å². The standard InChI is InChI=1S/C18H40NO.ClH/c1-4-7-10-13-16-19(18-20,15-12-9-6-3)17-14-11-8-5-2;/h20H,4-18H2,1-3H3;1H/q+1;/p-1. The van der Waals surface area contributed by atoms with Crippen molar-refractivity contribution < 1.29 is 22.0 Å². The van der Waals surface area contributed by atoms with Gasteiger partial charge in [-0.25, -0.2) is 0 Å². The second-order valence-corrected chi connectivity index (χ2v) is 6.48. The van der Waals surface area contributed by atoms with Gasteiger partial charge in [0, 0.05) is 0 Å². The molecule has 0 amide bonds. The van der Waals surface area contributed by atoms with Gasteiger partial charge in [0.1, 0.15) is 0 Å². The predicted molar refractivity (Wildman–Crippen MR) is 89.8 cm³/mol. The van der Waals surface area contributed by atoms with E-state index in [0.29, 0.717) is 6.73 Å². The highest BCUT2D eigenvalue weighted by atomic mass is 35.5. The molecule has 0 fully saturated rings. The van der Waals surface area contributed by atoms with E-state index in [1.165, 1.54) is 90.3 Å². The van der Waals surface area contributed by atoms with E-state index in [1.54, 1.807) is 0 Å². The first-order valence-electron chi connectivity index (χ1n) is 9.20. The molecule has 0 aromatic heterocycles. The van der Waals surface area contributed by atoms with Crippen LogP contribution in [0.4, 0.5) is 0 Å². The molecule has 0 rings (SSSR count). The quantitative estimate of drug-likeness (QED) is 0.278. The molecule has 0 aromatic rings. The fourth-order valence-electron chi connectivity index (χ4n) is 2.99. The van der Waals surface area contributed by atoms with Crippen molar-refractivity contribution in [1.82, 2.24) is 0 Å². The van der Waals surface area contributed by atoms with E-state index in [9.17, 15) is 5.11 Å². The second kappa shape index (κ2) is 16.6. The molecule has 0 aliphatic heterocycles. The Morgan fingerprint density at radius 3 is 1.24 bits per heavy atom. The Morgan fingerprint density at radius 1 is 0.571 bits per heavy atom. The lowest BCUT2D eigenvalue weighted by molar-refractivity contribution is -0.945. The molecule has 0 saturated heterocycles. The maximum atomic E-state index is 9.96. The van der Waals surface area contributed by atoms with E-state index in [2.05, 4.69) is 20.8 Å². The van der Waals surface area contributed by atoms with Crippen LogP contribution in [0.2, 0.25) is 0 Å². The number of hydrogen-bond acceptors (Lipinski definition) is 1. The van der Waals surface area contributed by atoms with Gasteiger partial charge >= 0.3 is 0 Å². The van der Waals surface area contributed by atoms with Crippen molar-refractivity contribution in [1.29, 1.82) is 0 Å². The average Bonchev–Trinajstić information content (AvgIpc) is 2.47. The lowest BCUT2D eigenvalue weighted by atomic mass is 10.1. The molecule has 0 heterocycles. The number of nitrogens with zero attached hydrogens (tertiary/aromatic N) is 1. The Hall–Kier alpha value is 0.210. The van der Waals surface area contributed by atoms with Crippen molar-refractivity contribution in [2.45, 2.75) is 91.4 Å². The molecule has 0 aliphatic carbocycles. The molecule has 3 heteroatoms. The molecule has 1 N–H and O–H groups in total. The Balaban J connectivity index is 0. The Morgan fingerprint density at radius 2 is 0.905 bits per heavy atom. The van der Waals surface area contributed by atoms with Crippen molar-refractivity contribution in [3.8, 4) is 0 Å². The first-order chi connectivity index (χ1) is 9.74.